The van der Waals surface area contributed by atoms with Gasteiger partial charge in [-0.3, -0.25) is 9.59 Å². The molecule has 1 N–H and O–H groups in total. The molecule has 0 bridgehead atoms. The molecule has 8 atom stereocenters. The fourth-order valence-electron chi connectivity index (χ4n) is 13.4. The topological polar surface area (TPSA) is 76.1 Å². The Morgan fingerprint density at radius 1 is 0.652 bits per heavy atom. The van der Waals surface area contributed by atoms with Crippen molar-refractivity contribution in [2.24, 2.45) is 46.3 Å². The molecule has 4 aliphatic rings. The maximum absolute atomic E-state index is 13.1. The number of aliphatic hydroxyl groups excluding tert-OH is 1. The van der Waals surface area contributed by atoms with Gasteiger partial charge in [0, 0.05) is 25.9 Å². The molecule has 69 heavy (non-hydrogen) atoms. The number of aliphatic hydroxyl groups is 1. The molecule has 3 saturated carbocycles. The lowest BCUT2D eigenvalue weighted by Crippen LogP contribution is -2.46. The molecule has 0 aromatic rings. The molecule has 4 aliphatic carbocycles. The third kappa shape index (κ3) is 20.1. The molecule has 0 spiro atoms. The SMILES string of the molecule is CCCCCCCCC(CCCCCCCC)OC(=O)CCCCCCN(CCCCO)CCCCCCC(=O)OC1CCC2(C)C(=CC=C3C2CCC2(C)C3CCC2C(C)/C=C/C(C)C(C)C)C1. The molecule has 4 rings (SSSR count). The Bertz CT molecular complexity index is 1500. The number of fused-ring (bicyclic) bond motifs is 5. The van der Waals surface area contributed by atoms with Crippen LogP contribution in [0.15, 0.2) is 35.5 Å². The van der Waals surface area contributed by atoms with E-state index in [1.54, 1.807) is 5.57 Å². The molecule has 0 aliphatic heterocycles. The van der Waals surface area contributed by atoms with Gasteiger partial charge in [0.25, 0.3) is 0 Å². The second kappa shape index (κ2) is 33.0. The number of unbranched alkanes of at least 4 members (excludes halogenated alkanes) is 17. The summed E-state index contributed by atoms with van der Waals surface area (Å²) in [6.07, 6.45) is 47.4. The van der Waals surface area contributed by atoms with Gasteiger partial charge in [-0.2, -0.15) is 0 Å². The number of hydrogen-bond donors (Lipinski definition) is 1. The van der Waals surface area contributed by atoms with Crippen molar-refractivity contribution in [1.29, 1.82) is 0 Å². The van der Waals surface area contributed by atoms with Crippen molar-refractivity contribution in [3.8, 4) is 0 Å². The zero-order valence-corrected chi connectivity index (χ0v) is 46.6. The first-order chi connectivity index (χ1) is 33.4. The first-order valence-corrected chi connectivity index (χ1v) is 30.2. The first-order valence-electron chi connectivity index (χ1n) is 30.2. The maximum atomic E-state index is 13.1. The van der Waals surface area contributed by atoms with Gasteiger partial charge in [0.1, 0.15) is 12.2 Å². The van der Waals surface area contributed by atoms with Gasteiger partial charge in [-0.1, -0.05) is 181 Å². The summed E-state index contributed by atoms with van der Waals surface area (Å²) >= 11 is 0. The summed E-state index contributed by atoms with van der Waals surface area (Å²) in [6.45, 7) is 22.7. The average molecular weight is 963 g/mol. The molecule has 8 unspecified atom stereocenters. The van der Waals surface area contributed by atoms with Crippen LogP contribution in [0.3, 0.4) is 0 Å². The predicted molar refractivity (Wildman–Crippen MR) is 292 cm³/mol. The number of rotatable bonds is 38. The molecule has 0 radical (unpaired) electrons. The van der Waals surface area contributed by atoms with Crippen molar-refractivity contribution in [2.45, 2.75) is 279 Å². The molecule has 0 amide bonds. The highest BCUT2D eigenvalue weighted by Crippen LogP contribution is 2.66. The summed E-state index contributed by atoms with van der Waals surface area (Å²) in [5.74, 6) is 4.08. The average Bonchev–Trinajstić information content (AvgIpc) is 3.69. The standard InChI is InChI=1S/C63H111NO5/c1-9-11-13-15-17-23-31-54(32-24-18-16-14-12-10-2)68-60(66)33-25-19-21-27-45-64(47-29-30-48-65)46-28-22-20-26-34-61(67)69-55-41-43-62(7)53(49-55)37-38-56-58-40-39-57(63(58,8)44-42-59(56)62)52(6)36-35-51(5)50(3)4/h35-38,50-52,54-55,57-59,65H,9-34,39-49H2,1-8H3/b36-35+. The Morgan fingerprint density at radius 3 is 1.83 bits per heavy atom. The normalized spacial score (nSPS) is 25.4. The predicted octanol–water partition coefficient (Wildman–Crippen LogP) is 17.3. The molecule has 6 nitrogen and oxygen atoms in total. The first kappa shape index (κ1) is 59.6. The second-order valence-electron chi connectivity index (χ2n) is 24.1. The summed E-state index contributed by atoms with van der Waals surface area (Å²) in [5.41, 5.74) is 3.88. The van der Waals surface area contributed by atoms with Crippen molar-refractivity contribution in [3.05, 3.63) is 35.5 Å². The highest BCUT2D eigenvalue weighted by Gasteiger charge is 2.57. The number of esters is 2. The number of carbonyl (C=O) groups is 2. The molecule has 0 aromatic carbocycles. The van der Waals surface area contributed by atoms with E-state index in [0.29, 0.717) is 47.8 Å². The van der Waals surface area contributed by atoms with E-state index in [9.17, 15) is 14.7 Å². The lowest BCUT2D eigenvalue weighted by atomic mass is 9.50. The van der Waals surface area contributed by atoms with Crippen LogP contribution in [0.4, 0.5) is 0 Å². The van der Waals surface area contributed by atoms with Crippen LogP contribution in [-0.2, 0) is 19.1 Å². The molecule has 3 fully saturated rings. The van der Waals surface area contributed by atoms with Crippen LogP contribution in [0.5, 0.6) is 0 Å². The summed E-state index contributed by atoms with van der Waals surface area (Å²) in [4.78, 5) is 28.6. The molecule has 0 heterocycles. The third-order valence-electron chi connectivity index (χ3n) is 18.5. The van der Waals surface area contributed by atoms with Gasteiger partial charge in [0.05, 0.1) is 0 Å². The quantitative estimate of drug-likeness (QED) is 0.0377. The van der Waals surface area contributed by atoms with Gasteiger partial charge in [0.2, 0.25) is 0 Å². The van der Waals surface area contributed by atoms with E-state index in [2.05, 4.69) is 84.6 Å². The fraction of sp³-hybridized carbons (Fsp3) is 0.873. The van der Waals surface area contributed by atoms with Crippen molar-refractivity contribution >= 4 is 11.9 Å². The highest BCUT2D eigenvalue weighted by atomic mass is 16.5. The van der Waals surface area contributed by atoms with Crippen LogP contribution in [-0.4, -0.2) is 60.4 Å². The lowest BCUT2D eigenvalue weighted by molar-refractivity contribution is -0.151. The molecule has 6 heteroatoms. The van der Waals surface area contributed by atoms with Gasteiger partial charge >= 0.3 is 11.9 Å². The van der Waals surface area contributed by atoms with Crippen LogP contribution in [0.1, 0.15) is 267 Å². The van der Waals surface area contributed by atoms with Crippen LogP contribution < -0.4 is 0 Å². The monoisotopic (exact) mass is 962 g/mol. The maximum Gasteiger partial charge on any atom is 0.306 e. The van der Waals surface area contributed by atoms with Gasteiger partial charge in [-0.25, -0.2) is 0 Å². The summed E-state index contributed by atoms with van der Waals surface area (Å²) in [5, 5.41) is 9.43. The smallest absolute Gasteiger partial charge is 0.306 e. The third-order valence-corrected chi connectivity index (χ3v) is 18.5. The van der Waals surface area contributed by atoms with E-state index in [1.807, 2.05) is 0 Å². The van der Waals surface area contributed by atoms with E-state index in [-0.39, 0.29) is 36.2 Å². The summed E-state index contributed by atoms with van der Waals surface area (Å²) in [7, 11) is 0. The minimum absolute atomic E-state index is 0.00678. The Hall–Kier alpha value is -1.92. The number of allylic oxidation sites excluding steroid dienone is 5. The van der Waals surface area contributed by atoms with E-state index in [0.717, 1.165) is 122 Å². The Kier molecular flexibility index (Phi) is 28.5. The Balaban J connectivity index is 1.10. The second-order valence-corrected chi connectivity index (χ2v) is 24.1. The van der Waals surface area contributed by atoms with Gasteiger partial charge < -0.3 is 19.5 Å². The lowest BCUT2D eigenvalue weighted by Gasteiger charge is -2.55. The molecule has 398 valence electrons. The van der Waals surface area contributed by atoms with Crippen molar-refractivity contribution in [3.63, 3.8) is 0 Å². The zero-order valence-electron chi connectivity index (χ0n) is 46.6. The van der Waals surface area contributed by atoms with Crippen LogP contribution in [0.25, 0.3) is 0 Å². The number of ether oxygens (including phenoxy) is 2. The van der Waals surface area contributed by atoms with Crippen molar-refractivity contribution in [1.82, 2.24) is 4.90 Å². The van der Waals surface area contributed by atoms with E-state index in [1.165, 1.54) is 108 Å². The van der Waals surface area contributed by atoms with Gasteiger partial charge in [-0.15, -0.1) is 0 Å². The Labute approximate surface area is 426 Å². The van der Waals surface area contributed by atoms with Gasteiger partial charge in [0.15, 0.2) is 0 Å². The summed E-state index contributed by atoms with van der Waals surface area (Å²) in [6, 6.07) is 0. The number of nitrogens with zero attached hydrogens (tertiary/aromatic N) is 1. The molecular weight excluding hydrogens is 851 g/mol. The Morgan fingerprint density at radius 2 is 1.22 bits per heavy atom. The van der Waals surface area contributed by atoms with E-state index >= 15 is 0 Å². The molecule has 0 saturated heterocycles. The highest BCUT2D eigenvalue weighted by molar-refractivity contribution is 5.70. The van der Waals surface area contributed by atoms with Crippen molar-refractivity contribution in [2.75, 3.05) is 26.2 Å². The van der Waals surface area contributed by atoms with Gasteiger partial charge in [-0.05, 0) is 169 Å². The van der Waals surface area contributed by atoms with E-state index < -0.39 is 0 Å². The van der Waals surface area contributed by atoms with Crippen LogP contribution >= 0.6 is 0 Å². The van der Waals surface area contributed by atoms with Crippen molar-refractivity contribution < 1.29 is 24.2 Å². The zero-order chi connectivity index (χ0) is 49.9. The minimum atomic E-state index is -0.00678. The number of carbonyl (C=O) groups excluding carboxylic acids is 2. The van der Waals surface area contributed by atoms with Crippen LogP contribution in [0, 0.1) is 46.3 Å². The molecule has 0 aromatic heterocycles. The summed E-state index contributed by atoms with van der Waals surface area (Å²) < 4.78 is 12.3. The minimum Gasteiger partial charge on any atom is -0.462 e. The number of hydrogen-bond acceptors (Lipinski definition) is 6. The largest absolute Gasteiger partial charge is 0.462 e. The van der Waals surface area contributed by atoms with E-state index in [4.69, 9.17) is 9.47 Å². The molecular formula is C63H111NO5. The fourth-order valence-corrected chi connectivity index (χ4v) is 13.4. The van der Waals surface area contributed by atoms with Crippen LogP contribution in [0.2, 0.25) is 0 Å².